The van der Waals surface area contributed by atoms with E-state index in [1.54, 1.807) is 11.3 Å². The maximum Gasteiger partial charge on any atom is 0.223 e. The Bertz CT molecular complexity index is 635. The Morgan fingerprint density at radius 3 is 2.90 bits per heavy atom. The molecule has 3 nitrogen and oxygen atoms in total. The van der Waals surface area contributed by atoms with Gasteiger partial charge >= 0.3 is 0 Å². The molecule has 0 aliphatic heterocycles. The van der Waals surface area contributed by atoms with Gasteiger partial charge in [-0.25, -0.2) is 4.98 Å². The molecule has 21 heavy (non-hydrogen) atoms. The van der Waals surface area contributed by atoms with Gasteiger partial charge in [0.25, 0.3) is 0 Å². The first kappa shape index (κ1) is 14.3. The number of hydrogen-bond acceptors (Lipinski definition) is 3. The number of fused-ring (bicyclic) bond motifs is 1. The van der Waals surface area contributed by atoms with Crippen LogP contribution in [-0.4, -0.2) is 10.9 Å². The molecule has 1 amide bonds. The molecule has 0 bridgehead atoms. The molecule has 1 N–H and O–H groups in total. The van der Waals surface area contributed by atoms with Gasteiger partial charge in [-0.3, -0.25) is 4.79 Å². The average molecular weight is 300 g/mol. The van der Waals surface area contributed by atoms with Gasteiger partial charge in [-0.2, -0.15) is 0 Å². The topological polar surface area (TPSA) is 42.0 Å². The molecule has 2 unspecified atom stereocenters. The van der Waals surface area contributed by atoms with Gasteiger partial charge in [-0.05, 0) is 38.7 Å². The first-order valence-electron chi connectivity index (χ1n) is 7.44. The molecule has 0 spiro atoms. The van der Waals surface area contributed by atoms with Crippen molar-refractivity contribution in [1.82, 2.24) is 10.3 Å². The SMILES string of the molecule is Cc1nc2c(s1)CC(C(=O)NC(C)c1ccccc1)CC2. The third kappa shape index (κ3) is 3.16. The van der Waals surface area contributed by atoms with Crippen LogP contribution < -0.4 is 5.32 Å². The Balaban J connectivity index is 1.64. The molecule has 0 saturated heterocycles. The minimum Gasteiger partial charge on any atom is -0.349 e. The molecule has 2 aromatic rings. The summed E-state index contributed by atoms with van der Waals surface area (Å²) in [4.78, 5) is 18.3. The summed E-state index contributed by atoms with van der Waals surface area (Å²) in [7, 11) is 0. The van der Waals surface area contributed by atoms with E-state index in [1.165, 1.54) is 10.6 Å². The Hall–Kier alpha value is -1.68. The van der Waals surface area contributed by atoms with Crippen molar-refractivity contribution in [3.63, 3.8) is 0 Å². The standard InChI is InChI=1S/C17H20N2OS/c1-11(13-6-4-3-5-7-13)18-17(20)14-8-9-15-16(10-14)21-12(2)19-15/h3-7,11,14H,8-10H2,1-2H3,(H,18,20). The van der Waals surface area contributed by atoms with Crippen LogP contribution in [-0.2, 0) is 17.6 Å². The number of carbonyl (C=O) groups excluding carboxylic acids is 1. The summed E-state index contributed by atoms with van der Waals surface area (Å²) in [6.45, 7) is 4.08. The highest BCUT2D eigenvalue weighted by Crippen LogP contribution is 2.30. The Morgan fingerprint density at radius 2 is 2.14 bits per heavy atom. The summed E-state index contributed by atoms with van der Waals surface area (Å²) in [6.07, 6.45) is 2.68. The number of nitrogens with zero attached hydrogens (tertiary/aromatic N) is 1. The van der Waals surface area contributed by atoms with E-state index < -0.39 is 0 Å². The number of hydrogen-bond donors (Lipinski definition) is 1. The van der Waals surface area contributed by atoms with E-state index in [-0.39, 0.29) is 17.9 Å². The lowest BCUT2D eigenvalue weighted by molar-refractivity contribution is -0.126. The van der Waals surface area contributed by atoms with Crippen LogP contribution in [0.4, 0.5) is 0 Å². The zero-order chi connectivity index (χ0) is 14.8. The lowest BCUT2D eigenvalue weighted by atomic mass is 9.90. The van der Waals surface area contributed by atoms with Crippen LogP contribution in [0.25, 0.3) is 0 Å². The molecule has 1 aliphatic rings. The van der Waals surface area contributed by atoms with E-state index in [9.17, 15) is 4.79 Å². The zero-order valence-corrected chi connectivity index (χ0v) is 13.2. The first-order valence-corrected chi connectivity index (χ1v) is 8.25. The second-order valence-corrected chi connectivity index (χ2v) is 6.97. The number of benzene rings is 1. The fourth-order valence-electron chi connectivity index (χ4n) is 2.88. The average Bonchev–Trinajstić information content (AvgIpc) is 2.87. The van der Waals surface area contributed by atoms with E-state index >= 15 is 0 Å². The number of nitrogens with one attached hydrogen (secondary N) is 1. The maximum atomic E-state index is 12.5. The van der Waals surface area contributed by atoms with Crippen LogP contribution in [0, 0.1) is 12.8 Å². The fourth-order valence-corrected chi connectivity index (χ4v) is 3.95. The van der Waals surface area contributed by atoms with Gasteiger partial charge in [0.2, 0.25) is 5.91 Å². The third-order valence-corrected chi connectivity index (χ3v) is 5.11. The summed E-state index contributed by atoms with van der Waals surface area (Å²) in [6, 6.07) is 10.2. The molecule has 4 heteroatoms. The van der Waals surface area contributed by atoms with Crippen molar-refractivity contribution in [2.75, 3.05) is 0 Å². The van der Waals surface area contributed by atoms with Crippen molar-refractivity contribution in [3.8, 4) is 0 Å². The molecule has 1 aromatic heterocycles. The van der Waals surface area contributed by atoms with Gasteiger partial charge in [0.15, 0.2) is 0 Å². The Kier molecular flexibility index (Phi) is 4.06. The normalized spacial score (nSPS) is 18.9. The smallest absolute Gasteiger partial charge is 0.223 e. The molecule has 3 rings (SSSR count). The zero-order valence-electron chi connectivity index (χ0n) is 12.4. The van der Waals surface area contributed by atoms with Crippen LogP contribution in [0.2, 0.25) is 0 Å². The molecule has 2 atom stereocenters. The van der Waals surface area contributed by atoms with E-state index in [4.69, 9.17) is 0 Å². The molecule has 1 aliphatic carbocycles. The van der Waals surface area contributed by atoms with Gasteiger partial charge in [-0.15, -0.1) is 11.3 Å². The molecule has 1 heterocycles. The highest BCUT2D eigenvalue weighted by molar-refractivity contribution is 7.11. The Labute approximate surface area is 129 Å². The number of aromatic nitrogens is 1. The van der Waals surface area contributed by atoms with Gasteiger partial charge in [-0.1, -0.05) is 30.3 Å². The lowest BCUT2D eigenvalue weighted by Crippen LogP contribution is -2.35. The predicted molar refractivity (Wildman–Crippen MR) is 85.4 cm³/mol. The molecule has 0 saturated carbocycles. The summed E-state index contributed by atoms with van der Waals surface area (Å²) >= 11 is 1.74. The maximum absolute atomic E-state index is 12.5. The minimum absolute atomic E-state index is 0.0586. The summed E-state index contributed by atoms with van der Waals surface area (Å²) in [5.74, 6) is 0.256. The van der Waals surface area contributed by atoms with Crippen LogP contribution in [0.5, 0.6) is 0 Å². The molecule has 110 valence electrons. The minimum atomic E-state index is 0.0586. The van der Waals surface area contributed by atoms with Crippen LogP contribution >= 0.6 is 11.3 Å². The molecular formula is C17H20N2OS. The number of carbonyl (C=O) groups is 1. The van der Waals surface area contributed by atoms with E-state index in [0.717, 1.165) is 29.8 Å². The van der Waals surface area contributed by atoms with Crippen LogP contribution in [0.15, 0.2) is 30.3 Å². The van der Waals surface area contributed by atoms with Crippen molar-refractivity contribution in [3.05, 3.63) is 51.5 Å². The number of thiazole rings is 1. The van der Waals surface area contributed by atoms with Crippen molar-refractivity contribution in [2.24, 2.45) is 5.92 Å². The summed E-state index contributed by atoms with van der Waals surface area (Å²) < 4.78 is 0. The quantitative estimate of drug-likeness (QED) is 0.943. The van der Waals surface area contributed by atoms with Gasteiger partial charge in [0, 0.05) is 10.8 Å². The van der Waals surface area contributed by atoms with Gasteiger partial charge < -0.3 is 5.32 Å². The third-order valence-electron chi connectivity index (χ3n) is 4.08. The number of aryl methyl sites for hydroxylation is 2. The fraction of sp³-hybridized carbons (Fsp3) is 0.412. The first-order chi connectivity index (χ1) is 10.1. The lowest BCUT2D eigenvalue weighted by Gasteiger charge is -2.23. The summed E-state index contributed by atoms with van der Waals surface area (Å²) in [5, 5.41) is 4.26. The largest absolute Gasteiger partial charge is 0.349 e. The second kappa shape index (κ2) is 5.98. The highest BCUT2D eigenvalue weighted by Gasteiger charge is 2.27. The highest BCUT2D eigenvalue weighted by atomic mass is 32.1. The molecular weight excluding hydrogens is 280 g/mol. The molecule has 1 aromatic carbocycles. The molecule has 0 radical (unpaired) electrons. The monoisotopic (exact) mass is 300 g/mol. The predicted octanol–water partition coefficient (Wildman–Crippen LogP) is 3.43. The van der Waals surface area contributed by atoms with Crippen LogP contribution in [0.1, 0.15) is 40.5 Å². The Morgan fingerprint density at radius 1 is 1.38 bits per heavy atom. The number of rotatable bonds is 3. The van der Waals surface area contributed by atoms with E-state index in [2.05, 4.69) is 22.4 Å². The molecule has 0 fully saturated rings. The van der Waals surface area contributed by atoms with Gasteiger partial charge in [0.05, 0.1) is 16.7 Å². The van der Waals surface area contributed by atoms with Crippen molar-refractivity contribution < 1.29 is 4.79 Å². The van der Waals surface area contributed by atoms with Crippen molar-refractivity contribution >= 4 is 17.2 Å². The number of amides is 1. The van der Waals surface area contributed by atoms with Crippen molar-refractivity contribution in [2.45, 2.75) is 39.2 Å². The second-order valence-electron chi connectivity index (χ2n) is 5.68. The van der Waals surface area contributed by atoms with E-state index in [1.807, 2.05) is 32.0 Å². The van der Waals surface area contributed by atoms with E-state index in [0.29, 0.717) is 0 Å². The van der Waals surface area contributed by atoms with Gasteiger partial charge in [0.1, 0.15) is 0 Å². The summed E-state index contributed by atoms with van der Waals surface area (Å²) in [5.41, 5.74) is 2.36. The van der Waals surface area contributed by atoms with Crippen molar-refractivity contribution in [1.29, 1.82) is 0 Å². The van der Waals surface area contributed by atoms with Crippen LogP contribution in [0.3, 0.4) is 0 Å².